The molecule has 0 aromatic carbocycles. The van der Waals surface area contributed by atoms with Crippen molar-refractivity contribution in [3.63, 3.8) is 0 Å². The van der Waals surface area contributed by atoms with E-state index in [1.165, 1.54) is 6.92 Å². The van der Waals surface area contributed by atoms with Crippen LogP contribution in [0.2, 0.25) is 0 Å². The van der Waals surface area contributed by atoms with Crippen molar-refractivity contribution >= 4 is 5.97 Å². The number of aliphatic hydroxyl groups is 7. The lowest BCUT2D eigenvalue weighted by Crippen LogP contribution is -2.72. The van der Waals surface area contributed by atoms with Gasteiger partial charge in [0.1, 0.15) is 47.8 Å². The maximum atomic E-state index is 13.7. The molecule has 7 N–H and O–H groups in total. The van der Waals surface area contributed by atoms with Gasteiger partial charge < -0.3 is 59.4 Å². The zero-order valence-corrected chi connectivity index (χ0v) is 33.2. The normalized spacial score (nSPS) is 58.1. The fourth-order valence-corrected chi connectivity index (χ4v) is 14.0. The summed E-state index contributed by atoms with van der Waals surface area (Å²) in [6.07, 6.45) is -6.74. The molecule has 306 valence electrons. The molecule has 0 aromatic heterocycles. The lowest BCUT2D eigenvalue weighted by atomic mass is 9.33. The molecule has 4 aliphatic heterocycles. The fraction of sp³-hybridized carbons (Fsp3) is 0.927. The predicted molar refractivity (Wildman–Crippen MR) is 191 cm³/mol. The van der Waals surface area contributed by atoms with Gasteiger partial charge in [-0.05, 0) is 118 Å². The summed E-state index contributed by atoms with van der Waals surface area (Å²) < 4.78 is 30.4. The van der Waals surface area contributed by atoms with Crippen LogP contribution in [0, 0.1) is 38.9 Å². The molecule has 13 nitrogen and oxygen atoms in total. The van der Waals surface area contributed by atoms with Crippen LogP contribution in [-0.2, 0) is 28.5 Å². The Labute approximate surface area is 318 Å². The van der Waals surface area contributed by atoms with Gasteiger partial charge >= 0.3 is 5.97 Å². The van der Waals surface area contributed by atoms with E-state index in [9.17, 15) is 40.5 Å². The van der Waals surface area contributed by atoms with Gasteiger partial charge in [-0.2, -0.15) is 0 Å². The first-order valence-electron chi connectivity index (χ1n) is 20.4. The molecule has 0 aromatic rings. The average Bonchev–Trinajstić information content (AvgIpc) is 3.08. The lowest BCUT2D eigenvalue weighted by molar-refractivity contribution is -0.365. The van der Waals surface area contributed by atoms with Crippen molar-refractivity contribution in [3.05, 3.63) is 11.1 Å². The quantitative estimate of drug-likeness (QED) is 0.125. The summed E-state index contributed by atoms with van der Waals surface area (Å²) in [6.45, 7) is 16.4. The molecule has 9 aliphatic rings. The molecule has 19 atom stereocenters. The van der Waals surface area contributed by atoms with Gasteiger partial charge in [-0.1, -0.05) is 40.2 Å². The van der Waals surface area contributed by atoms with E-state index in [1.54, 1.807) is 0 Å². The van der Waals surface area contributed by atoms with Gasteiger partial charge in [0.15, 0.2) is 12.6 Å². The number of ether oxygens (including phenoxy) is 5. The van der Waals surface area contributed by atoms with E-state index in [-0.39, 0.29) is 46.8 Å². The molecule has 4 saturated heterocycles. The third kappa shape index (κ3) is 4.99. The maximum absolute atomic E-state index is 13.7. The molecule has 4 saturated carbocycles. The van der Waals surface area contributed by atoms with Crippen LogP contribution in [-0.4, -0.2) is 127 Å². The molecule has 13 heteroatoms. The SMILES string of the molecule is CC1OC(OC2C(OC3CCC4(C)C(CCC5(C)C4C(O)CC4=C6C7(CCC(C)(OC7=O)C6(C)O)CCC45C)C3(C)C)OCC(O)C2O)C(O)C(O)C1O. The number of carbonyl (C=O) groups is 1. The zero-order valence-electron chi connectivity index (χ0n) is 33.2. The van der Waals surface area contributed by atoms with E-state index >= 15 is 0 Å². The number of esters is 1. The van der Waals surface area contributed by atoms with Gasteiger partial charge in [0.2, 0.25) is 0 Å². The van der Waals surface area contributed by atoms with Gasteiger partial charge in [-0.25, -0.2) is 0 Å². The summed E-state index contributed by atoms with van der Waals surface area (Å²) in [5, 5.41) is 77.7. The molecule has 2 bridgehead atoms. The minimum atomic E-state index is -1.61. The Morgan fingerprint density at radius 3 is 2.11 bits per heavy atom. The maximum Gasteiger partial charge on any atom is 0.316 e. The molecular formula is C41H64O13. The highest BCUT2D eigenvalue weighted by Gasteiger charge is 2.75. The number of hydrogen-bond donors (Lipinski definition) is 7. The number of aliphatic hydroxyl groups excluding tert-OH is 6. The largest absolute Gasteiger partial charge is 0.455 e. The Morgan fingerprint density at radius 2 is 1.43 bits per heavy atom. The van der Waals surface area contributed by atoms with E-state index < -0.39 is 83.4 Å². The third-order valence-electron chi connectivity index (χ3n) is 17.5. The monoisotopic (exact) mass is 764 g/mol. The Hall–Kier alpha value is -1.23. The van der Waals surface area contributed by atoms with Crippen LogP contribution in [0.1, 0.15) is 113 Å². The van der Waals surface area contributed by atoms with Crippen LogP contribution < -0.4 is 0 Å². The van der Waals surface area contributed by atoms with E-state index in [2.05, 4.69) is 34.6 Å². The highest BCUT2D eigenvalue weighted by Crippen LogP contribution is 2.77. The lowest BCUT2D eigenvalue weighted by Gasteiger charge is -2.73. The highest BCUT2D eigenvalue weighted by atomic mass is 16.8. The average molecular weight is 765 g/mol. The first kappa shape index (κ1) is 39.6. The number of fused-ring (bicyclic) bond motifs is 7. The summed E-state index contributed by atoms with van der Waals surface area (Å²) in [5.74, 6) is -0.158. The smallest absolute Gasteiger partial charge is 0.316 e. The van der Waals surface area contributed by atoms with Gasteiger partial charge in [-0.3, -0.25) is 4.79 Å². The van der Waals surface area contributed by atoms with Gasteiger partial charge in [0.25, 0.3) is 0 Å². The molecular weight excluding hydrogens is 700 g/mol. The summed E-state index contributed by atoms with van der Waals surface area (Å²) >= 11 is 0. The molecule has 1 spiro atoms. The second-order valence-electron chi connectivity index (χ2n) is 20.3. The van der Waals surface area contributed by atoms with E-state index in [1.807, 2.05) is 13.8 Å². The molecule has 4 heterocycles. The zero-order chi connectivity index (χ0) is 39.3. The van der Waals surface area contributed by atoms with Crippen molar-refractivity contribution in [3.8, 4) is 0 Å². The molecule has 19 unspecified atom stereocenters. The van der Waals surface area contributed by atoms with Crippen molar-refractivity contribution in [1.82, 2.24) is 0 Å². The number of hydrogen-bond acceptors (Lipinski definition) is 13. The van der Waals surface area contributed by atoms with Crippen molar-refractivity contribution in [1.29, 1.82) is 0 Å². The Morgan fingerprint density at radius 1 is 0.741 bits per heavy atom. The van der Waals surface area contributed by atoms with E-state index in [0.717, 1.165) is 36.8 Å². The third-order valence-corrected chi connectivity index (χ3v) is 17.5. The summed E-state index contributed by atoms with van der Waals surface area (Å²) in [7, 11) is 0. The van der Waals surface area contributed by atoms with Gasteiger partial charge in [0, 0.05) is 0 Å². The van der Waals surface area contributed by atoms with Gasteiger partial charge in [-0.15, -0.1) is 0 Å². The first-order valence-corrected chi connectivity index (χ1v) is 20.4. The number of carbonyl (C=O) groups excluding carboxylic acids is 1. The minimum absolute atomic E-state index is 0.0617. The Balaban J connectivity index is 1.07. The van der Waals surface area contributed by atoms with E-state index in [4.69, 9.17) is 23.7 Å². The Bertz CT molecular complexity index is 1560. The van der Waals surface area contributed by atoms with Crippen molar-refractivity contribution in [2.45, 2.75) is 192 Å². The molecule has 8 fully saturated rings. The van der Waals surface area contributed by atoms with E-state index in [0.29, 0.717) is 32.1 Å². The summed E-state index contributed by atoms with van der Waals surface area (Å²) in [4.78, 5) is 13.7. The second-order valence-corrected chi connectivity index (χ2v) is 20.3. The van der Waals surface area contributed by atoms with Crippen LogP contribution in [0.5, 0.6) is 0 Å². The summed E-state index contributed by atoms with van der Waals surface area (Å²) in [5.41, 5.74) is -2.67. The van der Waals surface area contributed by atoms with Gasteiger partial charge in [0.05, 0.1) is 30.3 Å². The van der Waals surface area contributed by atoms with Crippen LogP contribution in [0.25, 0.3) is 0 Å². The minimum Gasteiger partial charge on any atom is -0.455 e. The molecule has 0 amide bonds. The van der Waals surface area contributed by atoms with Crippen LogP contribution in [0.3, 0.4) is 0 Å². The topological polar surface area (TPSA) is 205 Å². The number of rotatable bonds is 4. The Kier molecular flexibility index (Phi) is 9.09. The van der Waals surface area contributed by atoms with Crippen molar-refractivity contribution < 1.29 is 64.2 Å². The highest BCUT2D eigenvalue weighted by molar-refractivity contribution is 5.86. The van der Waals surface area contributed by atoms with Crippen molar-refractivity contribution in [2.75, 3.05) is 6.61 Å². The fourth-order valence-electron chi connectivity index (χ4n) is 14.0. The first-order chi connectivity index (χ1) is 25.0. The predicted octanol–water partition coefficient (Wildman–Crippen LogP) is 2.23. The molecule has 54 heavy (non-hydrogen) atoms. The van der Waals surface area contributed by atoms with Crippen LogP contribution in [0.15, 0.2) is 11.1 Å². The van der Waals surface area contributed by atoms with Crippen LogP contribution >= 0.6 is 0 Å². The second kappa shape index (κ2) is 12.4. The molecule has 5 aliphatic carbocycles. The molecule has 0 radical (unpaired) electrons. The van der Waals surface area contributed by atoms with Crippen molar-refractivity contribution in [2.24, 2.45) is 38.9 Å². The standard InChI is InChI=1S/C41H64O13/c1-19-25(44)27(46)28(47)32(51-19)53-29-26(45)22(43)18-50-33(29)52-24-10-11-36(4)23(35(24,2)3)9-12-38(6)31(36)21(42)17-20-30-40(8,49)39(7)14-16-41(30,34(48)54-39)15-13-37(20,38)5/h19,21-29,31-33,42-47,49H,9-18H2,1-8H3. The van der Waals surface area contributed by atoms with Crippen LogP contribution in [0.4, 0.5) is 0 Å². The summed E-state index contributed by atoms with van der Waals surface area (Å²) in [6, 6.07) is 0. The molecule has 9 rings (SSSR count).